The van der Waals surface area contributed by atoms with E-state index < -0.39 is 0 Å². The fourth-order valence-corrected chi connectivity index (χ4v) is 3.35. The average molecular weight is 305 g/mol. The Labute approximate surface area is 131 Å². The molecule has 0 radical (unpaired) electrons. The van der Waals surface area contributed by atoms with Gasteiger partial charge in [-0.25, -0.2) is 4.39 Å². The third-order valence-corrected chi connectivity index (χ3v) is 4.75. The summed E-state index contributed by atoms with van der Waals surface area (Å²) in [6.45, 7) is 4.93. The van der Waals surface area contributed by atoms with Gasteiger partial charge in [-0.05, 0) is 44.0 Å². The minimum absolute atomic E-state index is 0.184. The van der Waals surface area contributed by atoms with Gasteiger partial charge in [0.1, 0.15) is 5.82 Å². The zero-order valence-corrected chi connectivity index (χ0v) is 12.9. The first kappa shape index (κ1) is 15.3. The molecule has 1 amide bonds. The van der Waals surface area contributed by atoms with Gasteiger partial charge < -0.3 is 15.1 Å². The minimum atomic E-state index is -0.184. The standard InChI is InChI=1S/C17H24FN3O/c18-15-3-1-2-4-16(15)20-9-11-21(12-10-20)17(22)6-5-14-7-8-19-13-14/h1-4,14,19H,5-13H2. The molecule has 1 aromatic rings. The van der Waals surface area contributed by atoms with Gasteiger partial charge in [0.05, 0.1) is 5.69 Å². The summed E-state index contributed by atoms with van der Waals surface area (Å²) in [5.41, 5.74) is 0.645. The average Bonchev–Trinajstić information content (AvgIpc) is 3.07. The Morgan fingerprint density at radius 2 is 2.00 bits per heavy atom. The van der Waals surface area contributed by atoms with Crippen molar-refractivity contribution in [3.8, 4) is 0 Å². The van der Waals surface area contributed by atoms with E-state index in [1.54, 1.807) is 12.1 Å². The number of amides is 1. The maximum Gasteiger partial charge on any atom is 0.222 e. The fraction of sp³-hybridized carbons (Fsp3) is 0.588. The van der Waals surface area contributed by atoms with Crippen molar-refractivity contribution < 1.29 is 9.18 Å². The maximum absolute atomic E-state index is 13.8. The molecule has 1 N–H and O–H groups in total. The Hall–Kier alpha value is -1.62. The van der Waals surface area contributed by atoms with Crippen molar-refractivity contribution in [1.82, 2.24) is 10.2 Å². The van der Waals surface area contributed by atoms with E-state index >= 15 is 0 Å². The summed E-state index contributed by atoms with van der Waals surface area (Å²) in [7, 11) is 0. The molecule has 22 heavy (non-hydrogen) atoms. The lowest BCUT2D eigenvalue weighted by molar-refractivity contribution is -0.131. The number of hydrogen-bond donors (Lipinski definition) is 1. The third kappa shape index (κ3) is 3.58. The molecule has 1 aromatic carbocycles. The molecule has 5 heteroatoms. The number of rotatable bonds is 4. The van der Waals surface area contributed by atoms with Crippen molar-refractivity contribution >= 4 is 11.6 Å². The van der Waals surface area contributed by atoms with E-state index in [1.807, 2.05) is 15.9 Å². The smallest absolute Gasteiger partial charge is 0.222 e. The molecular weight excluding hydrogens is 281 g/mol. The molecule has 0 aromatic heterocycles. The van der Waals surface area contributed by atoms with Gasteiger partial charge >= 0.3 is 0 Å². The molecule has 4 nitrogen and oxygen atoms in total. The molecule has 0 bridgehead atoms. The van der Waals surface area contributed by atoms with Gasteiger partial charge in [-0.15, -0.1) is 0 Å². The lowest BCUT2D eigenvalue weighted by atomic mass is 10.0. The SMILES string of the molecule is O=C(CCC1CCNC1)N1CCN(c2ccccc2F)CC1. The predicted octanol–water partition coefficient (Wildman–Crippen LogP) is 1.86. The van der Waals surface area contributed by atoms with Crippen LogP contribution in [0, 0.1) is 11.7 Å². The van der Waals surface area contributed by atoms with E-state index in [-0.39, 0.29) is 11.7 Å². The molecule has 120 valence electrons. The van der Waals surface area contributed by atoms with Crippen LogP contribution in [0.3, 0.4) is 0 Å². The number of carbonyl (C=O) groups excluding carboxylic acids is 1. The Morgan fingerprint density at radius 1 is 1.23 bits per heavy atom. The second-order valence-electron chi connectivity index (χ2n) is 6.22. The highest BCUT2D eigenvalue weighted by Gasteiger charge is 2.23. The normalized spacial score (nSPS) is 22.1. The highest BCUT2D eigenvalue weighted by molar-refractivity contribution is 5.76. The number of hydrogen-bond acceptors (Lipinski definition) is 3. The lowest BCUT2D eigenvalue weighted by Crippen LogP contribution is -2.49. The highest BCUT2D eigenvalue weighted by Crippen LogP contribution is 2.21. The summed E-state index contributed by atoms with van der Waals surface area (Å²) >= 11 is 0. The number of para-hydroxylation sites is 1. The summed E-state index contributed by atoms with van der Waals surface area (Å²) in [6.07, 6.45) is 2.82. The highest BCUT2D eigenvalue weighted by atomic mass is 19.1. The van der Waals surface area contributed by atoms with E-state index in [0.717, 1.165) is 19.5 Å². The van der Waals surface area contributed by atoms with E-state index in [4.69, 9.17) is 0 Å². The third-order valence-electron chi connectivity index (χ3n) is 4.75. The molecule has 1 unspecified atom stereocenters. The Morgan fingerprint density at radius 3 is 2.68 bits per heavy atom. The molecule has 2 saturated heterocycles. The number of piperazine rings is 1. The van der Waals surface area contributed by atoms with Crippen LogP contribution in [0.4, 0.5) is 10.1 Å². The first-order valence-corrected chi connectivity index (χ1v) is 8.22. The van der Waals surface area contributed by atoms with E-state index in [0.29, 0.717) is 44.2 Å². The van der Waals surface area contributed by atoms with Gasteiger partial charge in [0.25, 0.3) is 0 Å². The van der Waals surface area contributed by atoms with Crippen molar-refractivity contribution in [1.29, 1.82) is 0 Å². The first-order chi connectivity index (χ1) is 10.7. The van der Waals surface area contributed by atoms with Gasteiger partial charge in [0.2, 0.25) is 5.91 Å². The molecule has 2 heterocycles. The molecule has 0 aliphatic carbocycles. The van der Waals surface area contributed by atoms with E-state index in [9.17, 15) is 9.18 Å². The molecule has 2 aliphatic rings. The zero-order chi connectivity index (χ0) is 15.4. The van der Waals surface area contributed by atoms with Crippen molar-refractivity contribution in [2.45, 2.75) is 19.3 Å². The number of nitrogens with zero attached hydrogens (tertiary/aromatic N) is 2. The Balaban J connectivity index is 1.46. The summed E-state index contributed by atoms with van der Waals surface area (Å²) in [4.78, 5) is 16.2. The lowest BCUT2D eigenvalue weighted by Gasteiger charge is -2.36. The summed E-state index contributed by atoms with van der Waals surface area (Å²) in [5, 5.41) is 3.34. The number of benzene rings is 1. The topological polar surface area (TPSA) is 35.6 Å². The van der Waals surface area contributed by atoms with Gasteiger partial charge in [-0.2, -0.15) is 0 Å². The summed E-state index contributed by atoms with van der Waals surface area (Å²) in [5.74, 6) is 0.722. The molecule has 2 aliphatic heterocycles. The quantitative estimate of drug-likeness (QED) is 0.922. The van der Waals surface area contributed by atoms with E-state index in [2.05, 4.69) is 5.32 Å². The van der Waals surface area contributed by atoms with Gasteiger partial charge in [0.15, 0.2) is 0 Å². The van der Waals surface area contributed by atoms with Gasteiger partial charge in [-0.3, -0.25) is 4.79 Å². The number of anilines is 1. The van der Waals surface area contributed by atoms with Crippen LogP contribution in [0.25, 0.3) is 0 Å². The van der Waals surface area contributed by atoms with Crippen LogP contribution >= 0.6 is 0 Å². The van der Waals surface area contributed by atoms with Crippen molar-refractivity contribution in [3.63, 3.8) is 0 Å². The maximum atomic E-state index is 13.8. The van der Waals surface area contributed by atoms with Crippen LogP contribution in [0.2, 0.25) is 0 Å². The van der Waals surface area contributed by atoms with Crippen LogP contribution in [0.5, 0.6) is 0 Å². The summed E-state index contributed by atoms with van der Waals surface area (Å²) in [6, 6.07) is 6.85. The minimum Gasteiger partial charge on any atom is -0.366 e. The number of carbonyl (C=O) groups is 1. The van der Waals surface area contributed by atoms with Crippen LogP contribution < -0.4 is 10.2 Å². The molecular formula is C17H24FN3O. The van der Waals surface area contributed by atoms with E-state index in [1.165, 1.54) is 12.5 Å². The molecule has 2 fully saturated rings. The zero-order valence-electron chi connectivity index (χ0n) is 12.9. The molecule has 0 spiro atoms. The molecule has 3 rings (SSSR count). The first-order valence-electron chi connectivity index (χ1n) is 8.22. The number of halogens is 1. The monoisotopic (exact) mass is 305 g/mol. The predicted molar refractivity (Wildman–Crippen MR) is 85.4 cm³/mol. The van der Waals surface area contributed by atoms with Crippen molar-refractivity contribution in [2.24, 2.45) is 5.92 Å². The van der Waals surface area contributed by atoms with Crippen LogP contribution in [-0.2, 0) is 4.79 Å². The Kier molecular flexibility index (Phi) is 4.93. The second-order valence-corrected chi connectivity index (χ2v) is 6.22. The molecule has 0 saturated carbocycles. The van der Waals surface area contributed by atoms with Gasteiger partial charge in [0, 0.05) is 32.6 Å². The van der Waals surface area contributed by atoms with Gasteiger partial charge in [-0.1, -0.05) is 12.1 Å². The van der Waals surface area contributed by atoms with Crippen LogP contribution in [0.15, 0.2) is 24.3 Å². The fourth-order valence-electron chi connectivity index (χ4n) is 3.35. The Bertz CT molecular complexity index is 508. The largest absolute Gasteiger partial charge is 0.366 e. The van der Waals surface area contributed by atoms with Crippen LogP contribution in [-0.4, -0.2) is 50.1 Å². The second kappa shape index (κ2) is 7.09. The molecule has 1 atom stereocenters. The van der Waals surface area contributed by atoms with Crippen molar-refractivity contribution in [2.75, 3.05) is 44.2 Å². The summed E-state index contributed by atoms with van der Waals surface area (Å²) < 4.78 is 13.8. The van der Waals surface area contributed by atoms with Crippen LogP contribution in [0.1, 0.15) is 19.3 Å². The number of nitrogens with one attached hydrogen (secondary N) is 1. The van der Waals surface area contributed by atoms with Crippen molar-refractivity contribution in [3.05, 3.63) is 30.1 Å².